The largest absolute Gasteiger partial charge is 0.478 e. The first kappa shape index (κ1) is 31.0. The molecule has 45 heavy (non-hydrogen) atoms. The van der Waals surface area contributed by atoms with E-state index in [4.69, 9.17) is 0 Å². The van der Waals surface area contributed by atoms with Crippen LogP contribution in [0, 0.1) is 0 Å². The van der Waals surface area contributed by atoms with Crippen LogP contribution in [0.5, 0.6) is 0 Å². The molecule has 0 atom stereocenters. The molecule has 0 bridgehead atoms. The number of carboxylic acid groups (broad SMARTS) is 1. The fraction of sp³-hybridized carbons (Fsp3) is 0.351. The summed E-state index contributed by atoms with van der Waals surface area (Å²) in [6.45, 7) is 14.9. The summed E-state index contributed by atoms with van der Waals surface area (Å²) in [6.07, 6.45) is 4.15. The average molecular weight is 626 g/mol. The van der Waals surface area contributed by atoms with Gasteiger partial charge in [-0.1, -0.05) is 38.1 Å². The van der Waals surface area contributed by atoms with Crippen molar-refractivity contribution in [2.24, 2.45) is 0 Å². The second kappa shape index (κ2) is 9.74. The lowest BCUT2D eigenvalue weighted by Crippen LogP contribution is -2.49. The first-order chi connectivity index (χ1) is 20.7. The van der Waals surface area contributed by atoms with Crippen LogP contribution >= 0.6 is 0 Å². The third-order valence-electron chi connectivity index (χ3n) is 10.2. The molecule has 0 unspecified atom stereocenters. The van der Waals surface area contributed by atoms with Gasteiger partial charge in [-0.15, -0.1) is 0 Å². The zero-order valence-corrected chi connectivity index (χ0v) is 28.2. The summed E-state index contributed by atoms with van der Waals surface area (Å²) in [5.74, 6) is -1.54. The van der Waals surface area contributed by atoms with Gasteiger partial charge in [-0.05, 0) is 95.3 Å². The quantitative estimate of drug-likeness (QED) is 0.310. The Hall–Kier alpha value is -4.01. The number of allylic oxidation sites excluding steroid dienone is 1. The molecule has 2 aliphatic heterocycles. The summed E-state index contributed by atoms with van der Waals surface area (Å²) in [4.78, 5) is 14.9. The predicted molar refractivity (Wildman–Crippen MR) is 181 cm³/mol. The number of likely N-dealkylation sites (N-methyl/N-ethyl adjacent to an activating group) is 2. The van der Waals surface area contributed by atoms with Gasteiger partial charge in [-0.2, -0.15) is 8.42 Å². The van der Waals surface area contributed by atoms with Gasteiger partial charge < -0.3 is 10.0 Å². The molecule has 0 spiro atoms. The number of carbonyl (C=O) groups is 1. The molecule has 0 saturated heterocycles. The van der Waals surface area contributed by atoms with E-state index in [9.17, 15) is 22.9 Å². The summed E-state index contributed by atoms with van der Waals surface area (Å²) < 4.78 is 36.5. The maximum atomic E-state index is 12.6. The molecule has 0 saturated carbocycles. The van der Waals surface area contributed by atoms with E-state index in [1.165, 1.54) is 0 Å². The minimum atomic E-state index is -4.32. The third-order valence-corrected chi connectivity index (χ3v) is 10.9. The highest BCUT2D eigenvalue weighted by Gasteiger charge is 2.40. The molecular weight excluding hydrogens is 584 g/mol. The van der Waals surface area contributed by atoms with Crippen LogP contribution in [0.1, 0.15) is 92.2 Å². The van der Waals surface area contributed by atoms with Crippen molar-refractivity contribution in [1.82, 2.24) is 4.58 Å². The maximum Gasteiger partial charge on any atom is 0.336 e. The number of aromatic carboxylic acids is 1. The first-order valence-corrected chi connectivity index (χ1v) is 16.8. The smallest absolute Gasteiger partial charge is 0.336 e. The summed E-state index contributed by atoms with van der Waals surface area (Å²) in [5.41, 5.74) is 8.02. The Morgan fingerprint density at radius 2 is 1.56 bits per heavy atom. The van der Waals surface area contributed by atoms with Crippen LogP contribution < -0.4 is 20.1 Å². The maximum absolute atomic E-state index is 12.6. The highest BCUT2D eigenvalue weighted by Crippen LogP contribution is 2.47. The molecule has 3 aromatic carbocycles. The van der Waals surface area contributed by atoms with Crippen LogP contribution in [-0.4, -0.2) is 55.0 Å². The van der Waals surface area contributed by atoms with Gasteiger partial charge in [-0.25, -0.2) is 9.37 Å². The second-order valence-electron chi connectivity index (χ2n) is 14.3. The van der Waals surface area contributed by atoms with Crippen LogP contribution in [0.25, 0.3) is 16.7 Å². The van der Waals surface area contributed by atoms with Gasteiger partial charge in [-0.3, -0.25) is 4.55 Å². The summed E-state index contributed by atoms with van der Waals surface area (Å²) >= 11 is 0. The van der Waals surface area contributed by atoms with Gasteiger partial charge in [0.05, 0.1) is 16.7 Å². The van der Waals surface area contributed by atoms with Crippen molar-refractivity contribution in [2.75, 3.05) is 24.7 Å². The lowest BCUT2D eigenvalue weighted by atomic mass is 9.67. The van der Waals surface area contributed by atoms with Gasteiger partial charge in [0, 0.05) is 43.6 Å². The second-order valence-corrected chi connectivity index (χ2v) is 15.8. The van der Waals surface area contributed by atoms with E-state index in [0.29, 0.717) is 16.7 Å². The van der Waals surface area contributed by atoms with Gasteiger partial charge in [0.15, 0.2) is 5.54 Å². The molecule has 7 nitrogen and oxygen atoms in total. The number of nitrogens with zero attached hydrogens (tertiary/aromatic N) is 2. The van der Waals surface area contributed by atoms with Crippen molar-refractivity contribution >= 4 is 38.5 Å². The number of hydrogen-bond donors (Lipinski definition) is 2. The minimum Gasteiger partial charge on any atom is -0.478 e. The van der Waals surface area contributed by atoms with E-state index in [1.807, 2.05) is 45.2 Å². The van der Waals surface area contributed by atoms with Crippen molar-refractivity contribution in [1.29, 1.82) is 0 Å². The highest BCUT2D eigenvalue weighted by molar-refractivity contribution is 7.86. The number of anilines is 1. The van der Waals surface area contributed by atoms with Gasteiger partial charge in [0.25, 0.3) is 10.1 Å². The fourth-order valence-electron chi connectivity index (χ4n) is 7.46. The topological polar surface area (TPSA) is 97.9 Å². The minimum absolute atomic E-state index is 0.187. The molecule has 1 aliphatic carbocycles. The van der Waals surface area contributed by atoms with Crippen LogP contribution in [0.3, 0.4) is 0 Å². The van der Waals surface area contributed by atoms with Crippen LogP contribution in [0.15, 0.2) is 60.7 Å². The number of carboxylic acids is 1. The van der Waals surface area contributed by atoms with E-state index in [0.717, 1.165) is 49.7 Å². The van der Waals surface area contributed by atoms with Gasteiger partial charge in [0.1, 0.15) is 12.8 Å². The summed E-state index contributed by atoms with van der Waals surface area (Å²) in [6, 6.07) is 15.7. The van der Waals surface area contributed by atoms with Crippen molar-refractivity contribution in [3.8, 4) is 0 Å². The monoisotopic (exact) mass is 625 g/mol. The zero-order valence-electron chi connectivity index (χ0n) is 27.4. The van der Waals surface area contributed by atoms with Gasteiger partial charge in [0.2, 0.25) is 5.36 Å². The lowest BCUT2D eigenvalue weighted by Gasteiger charge is -2.43. The molecule has 3 aliphatic rings. The molecular formula is C37H41N2O5S+. The molecule has 2 N–H and O–H groups in total. The van der Waals surface area contributed by atoms with Crippen molar-refractivity contribution < 1.29 is 22.9 Å². The Morgan fingerprint density at radius 1 is 0.889 bits per heavy atom. The Labute approximate surface area is 265 Å². The Bertz CT molecular complexity index is 2150. The normalized spacial score (nSPS) is 19.1. The molecule has 3 aromatic rings. The molecule has 0 fully saturated rings. The first-order valence-electron chi connectivity index (χ1n) is 15.2. The molecule has 0 radical (unpaired) electrons. The molecule has 6 rings (SSSR count). The summed E-state index contributed by atoms with van der Waals surface area (Å²) in [5, 5.41) is 12.0. The molecule has 234 valence electrons. The van der Waals surface area contributed by atoms with E-state index >= 15 is 0 Å². The molecule has 0 aromatic heterocycles. The van der Waals surface area contributed by atoms with Crippen LogP contribution in [-0.2, 0) is 15.5 Å². The molecule has 0 amide bonds. The zero-order chi connectivity index (χ0) is 33.0. The van der Waals surface area contributed by atoms with E-state index in [2.05, 4.69) is 75.4 Å². The van der Waals surface area contributed by atoms with E-state index in [1.54, 1.807) is 12.1 Å². The Kier molecular flexibility index (Phi) is 6.71. The Balaban J connectivity index is 1.84. The SMILES string of the molecule is CC1=CC(C)(C)N(C)c2cc3c(cc21)C(c1ccccc1C(=O)O)=c1cc2c(cc1C3(C)C)=[N+](C)C(C)(C)C=C2CS(=O)(=O)O. The van der Waals surface area contributed by atoms with Crippen molar-refractivity contribution in [3.05, 3.63) is 110 Å². The fourth-order valence-corrected chi connectivity index (χ4v) is 8.09. The number of fused-ring (bicyclic) bond motifs is 4. The van der Waals surface area contributed by atoms with E-state index in [-0.39, 0.29) is 11.1 Å². The number of hydrogen-bond acceptors (Lipinski definition) is 4. The lowest BCUT2D eigenvalue weighted by molar-refractivity contribution is 0.0696. The Morgan fingerprint density at radius 3 is 2.20 bits per heavy atom. The molecule has 8 heteroatoms. The van der Waals surface area contributed by atoms with Crippen molar-refractivity contribution in [3.63, 3.8) is 0 Å². The highest BCUT2D eigenvalue weighted by atomic mass is 32.2. The molecule has 2 heterocycles. The van der Waals surface area contributed by atoms with Crippen LogP contribution in [0.4, 0.5) is 5.69 Å². The van der Waals surface area contributed by atoms with E-state index < -0.39 is 32.8 Å². The standard InChI is InChI=1S/C37H40N2O5S/c1-21-18-35(2,3)38(8)31-16-29-27(14-25(21)31)33(23-12-10-11-13-24(23)34(40)41)28-15-26-22(20-45(42,43)44)19-36(4,5)39(9)32(26)17-30(28)37(29,6)7/h10-19H,20H2,1-9H3,(H-,40,41,42,43,44)/p+1. The third kappa shape index (κ3) is 4.77. The number of benzene rings is 3. The van der Waals surface area contributed by atoms with Crippen LogP contribution in [0.2, 0.25) is 0 Å². The number of rotatable bonds is 4. The summed E-state index contributed by atoms with van der Waals surface area (Å²) in [7, 11) is -0.225. The predicted octanol–water partition coefficient (Wildman–Crippen LogP) is 5.09. The van der Waals surface area contributed by atoms with Gasteiger partial charge >= 0.3 is 5.97 Å². The average Bonchev–Trinajstić information content (AvgIpc) is 2.93. The van der Waals surface area contributed by atoms with Crippen molar-refractivity contribution in [2.45, 2.75) is 65.0 Å².